The second kappa shape index (κ2) is 10.4. The highest BCUT2D eigenvalue weighted by atomic mass is 16.5. The smallest absolute Gasteiger partial charge is 0.251 e. The Hall–Kier alpha value is -3.35. The molecule has 3 rings (SSSR count). The van der Waals surface area contributed by atoms with E-state index in [-0.39, 0.29) is 23.8 Å². The van der Waals surface area contributed by atoms with Gasteiger partial charge in [0.05, 0.1) is 13.0 Å². The maximum atomic E-state index is 12.5. The summed E-state index contributed by atoms with van der Waals surface area (Å²) in [6.07, 6.45) is 1.76. The second-order valence-electron chi connectivity index (χ2n) is 7.30. The van der Waals surface area contributed by atoms with Crippen LogP contribution in [-0.2, 0) is 9.59 Å². The van der Waals surface area contributed by atoms with Gasteiger partial charge < -0.3 is 20.3 Å². The fraction of sp³-hybridized carbons (Fsp3) is 0.348. The van der Waals surface area contributed by atoms with Crippen LogP contribution < -0.4 is 15.4 Å². The van der Waals surface area contributed by atoms with Gasteiger partial charge in [0.2, 0.25) is 11.8 Å². The quantitative estimate of drug-likeness (QED) is 0.736. The number of ether oxygens (including phenoxy) is 1. The van der Waals surface area contributed by atoms with Crippen molar-refractivity contribution in [2.24, 2.45) is 0 Å². The SMILES string of the molecule is CC(=O)Nc1cccc(C(=O)NC2CCN(C(=O)CCOc3ccccc3)CC2)c1. The van der Waals surface area contributed by atoms with Gasteiger partial charge in [-0.05, 0) is 43.2 Å². The number of hydrogen-bond acceptors (Lipinski definition) is 4. The number of carbonyl (C=O) groups excluding carboxylic acids is 3. The molecule has 7 heteroatoms. The molecule has 1 fully saturated rings. The van der Waals surface area contributed by atoms with Crippen LogP contribution in [0.2, 0.25) is 0 Å². The predicted molar refractivity (Wildman–Crippen MR) is 114 cm³/mol. The van der Waals surface area contributed by atoms with Gasteiger partial charge in [0, 0.05) is 37.3 Å². The summed E-state index contributed by atoms with van der Waals surface area (Å²) in [6, 6.07) is 16.3. The molecule has 2 aromatic rings. The average molecular weight is 409 g/mol. The molecule has 0 bridgehead atoms. The number of rotatable bonds is 7. The minimum Gasteiger partial charge on any atom is -0.493 e. The lowest BCUT2D eigenvalue weighted by molar-refractivity contribution is -0.132. The van der Waals surface area contributed by atoms with Crippen molar-refractivity contribution in [3.8, 4) is 5.75 Å². The third-order valence-electron chi connectivity index (χ3n) is 4.96. The van der Waals surface area contributed by atoms with Crippen LogP contribution in [0.5, 0.6) is 5.75 Å². The molecule has 1 aliphatic rings. The number of likely N-dealkylation sites (tertiary alicyclic amines) is 1. The Bertz CT molecular complexity index is 877. The summed E-state index contributed by atoms with van der Waals surface area (Å²) in [5.41, 5.74) is 1.09. The molecule has 0 atom stereocenters. The molecule has 2 aromatic carbocycles. The fourth-order valence-electron chi connectivity index (χ4n) is 3.41. The van der Waals surface area contributed by atoms with E-state index in [0.717, 1.165) is 5.75 Å². The number of amides is 3. The summed E-state index contributed by atoms with van der Waals surface area (Å²) in [5.74, 6) is 0.468. The van der Waals surface area contributed by atoms with Crippen LogP contribution in [0.1, 0.15) is 36.5 Å². The molecular weight excluding hydrogens is 382 g/mol. The van der Waals surface area contributed by atoms with Gasteiger partial charge in [-0.1, -0.05) is 24.3 Å². The molecule has 0 aromatic heterocycles. The molecule has 1 saturated heterocycles. The summed E-state index contributed by atoms with van der Waals surface area (Å²) in [5, 5.41) is 5.70. The predicted octanol–water partition coefficient (Wildman–Crippen LogP) is 2.83. The number of benzene rings is 2. The number of nitrogens with zero attached hydrogens (tertiary/aromatic N) is 1. The molecule has 0 radical (unpaired) electrons. The Kier molecular flexibility index (Phi) is 7.43. The normalized spacial score (nSPS) is 14.1. The molecule has 2 N–H and O–H groups in total. The van der Waals surface area contributed by atoms with Crippen LogP contribution in [0.3, 0.4) is 0 Å². The minimum atomic E-state index is -0.182. The van der Waals surface area contributed by atoms with Crippen LogP contribution in [0.4, 0.5) is 5.69 Å². The molecule has 0 aliphatic carbocycles. The van der Waals surface area contributed by atoms with Gasteiger partial charge in [-0.3, -0.25) is 14.4 Å². The first kappa shape index (κ1) is 21.4. The van der Waals surface area contributed by atoms with Crippen molar-refractivity contribution < 1.29 is 19.1 Å². The lowest BCUT2D eigenvalue weighted by atomic mass is 10.0. The average Bonchev–Trinajstić information content (AvgIpc) is 2.74. The first-order chi connectivity index (χ1) is 14.5. The van der Waals surface area contributed by atoms with Crippen LogP contribution >= 0.6 is 0 Å². The van der Waals surface area contributed by atoms with E-state index in [1.165, 1.54) is 6.92 Å². The van der Waals surface area contributed by atoms with Gasteiger partial charge in [0.1, 0.15) is 5.75 Å². The van der Waals surface area contributed by atoms with Crippen molar-refractivity contribution in [2.45, 2.75) is 32.2 Å². The van der Waals surface area contributed by atoms with E-state index in [1.807, 2.05) is 35.2 Å². The number of para-hydroxylation sites is 1. The van der Waals surface area contributed by atoms with Crippen LogP contribution in [0.25, 0.3) is 0 Å². The Morgan fingerprint density at radius 2 is 1.77 bits per heavy atom. The molecule has 0 spiro atoms. The van der Waals surface area contributed by atoms with Crippen LogP contribution in [0, 0.1) is 0 Å². The largest absolute Gasteiger partial charge is 0.493 e. The summed E-state index contributed by atoms with van der Waals surface area (Å²) in [6.45, 7) is 3.00. The molecule has 1 heterocycles. The Morgan fingerprint density at radius 3 is 2.47 bits per heavy atom. The molecule has 0 saturated carbocycles. The number of anilines is 1. The molecule has 158 valence electrons. The first-order valence-electron chi connectivity index (χ1n) is 10.2. The van der Waals surface area contributed by atoms with E-state index in [1.54, 1.807) is 24.3 Å². The van der Waals surface area contributed by atoms with Crippen molar-refractivity contribution in [2.75, 3.05) is 25.0 Å². The number of hydrogen-bond donors (Lipinski definition) is 2. The van der Waals surface area contributed by atoms with Crippen molar-refractivity contribution in [3.63, 3.8) is 0 Å². The topological polar surface area (TPSA) is 87.7 Å². The van der Waals surface area contributed by atoms with Crippen LogP contribution in [-0.4, -0.2) is 48.4 Å². The zero-order chi connectivity index (χ0) is 21.3. The summed E-state index contributed by atoms with van der Waals surface area (Å²) >= 11 is 0. The standard InChI is InChI=1S/C23H27N3O4/c1-17(27)24-20-7-5-6-18(16-20)23(29)25-19-10-13-26(14-11-19)22(28)12-15-30-21-8-3-2-4-9-21/h2-9,16,19H,10-15H2,1H3,(H,24,27)(H,25,29). The zero-order valence-electron chi connectivity index (χ0n) is 17.1. The van der Waals surface area contributed by atoms with Gasteiger partial charge in [0.25, 0.3) is 5.91 Å². The van der Waals surface area contributed by atoms with E-state index in [0.29, 0.717) is 50.2 Å². The fourth-order valence-corrected chi connectivity index (χ4v) is 3.41. The third kappa shape index (κ3) is 6.34. The number of carbonyl (C=O) groups is 3. The number of piperidine rings is 1. The maximum Gasteiger partial charge on any atom is 0.251 e. The van der Waals surface area contributed by atoms with E-state index in [4.69, 9.17) is 4.74 Å². The highest BCUT2D eigenvalue weighted by molar-refractivity contribution is 5.97. The lowest BCUT2D eigenvalue weighted by Crippen LogP contribution is -2.46. The van der Waals surface area contributed by atoms with Gasteiger partial charge in [-0.25, -0.2) is 0 Å². The summed E-state index contributed by atoms with van der Waals surface area (Å²) in [7, 11) is 0. The summed E-state index contributed by atoms with van der Waals surface area (Å²) in [4.78, 5) is 37.9. The highest BCUT2D eigenvalue weighted by Gasteiger charge is 2.24. The molecule has 7 nitrogen and oxygen atoms in total. The van der Waals surface area contributed by atoms with E-state index in [2.05, 4.69) is 10.6 Å². The van der Waals surface area contributed by atoms with Crippen molar-refractivity contribution in [1.82, 2.24) is 10.2 Å². The van der Waals surface area contributed by atoms with Gasteiger partial charge in [0.15, 0.2) is 0 Å². The van der Waals surface area contributed by atoms with E-state index >= 15 is 0 Å². The molecular formula is C23H27N3O4. The Morgan fingerprint density at radius 1 is 1.03 bits per heavy atom. The lowest BCUT2D eigenvalue weighted by Gasteiger charge is -2.32. The molecule has 1 aliphatic heterocycles. The Labute approximate surface area is 176 Å². The van der Waals surface area contributed by atoms with Gasteiger partial charge >= 0.3 is 0 Å². The zero-order valence-corrected chi connectivity index (χ0v) is 17.1. The molecule has 3 amide bonds. The van der Waals surface area contributed by atoms with Gasteiger partial charge in [-0.15, -0.1) is 0 Å². The van der Waals surface area contributed by atoms with Crippen molar-refractivity contribution >= 4 is 23.4 Å². The first-order valence-corrected chi connectivity index (χ1v) is 10.2. The maximum absolute atomic E-state index is 12.5. The third-order valence-corrected chi connectivity index (χ3v) is 4.96. The monoisotopic (exact) mass is 409 g/mol. The molecule has 30 heavy (non-hydrogen) atoms. The minimum absolute atomic E-state index is 0.0199. The summed E-state index contributed by atoms with van der Waals surface area (Å²) < 4.78 is 5.59. The van der Waals surface area contributed by atoms with Crippen molar-refractivity contribution in [1.29, 1.82) is 0 Å². The van der Waals surface area contributed by atoms with E-state index < -0.39 is 0 Å². The number of nitrogens with one attached hydrogen (secondary N) is 2. The Balaban J connectivity index is 1.41. The van der Waals surface area contributed by atoms with E-state index in [9.17, 15) is 14.4 Å². The highest BCUT2D eigenvalue weighted by Crippen LogP contribution is 2.15. The molecule has 0 unspecified atom stereocenters. The second-order valence-corrected chi connectivity index (χ2v) is 7.30. The van der Waals surface area contributed by atoms with Crippen molar-refractivity contribution in [3.05, 3.63) is 60.2 Å². The van der Waals surface area contributed by atoms with Gasteiger partial charge in [-0.2, -0.15) is 0 Å². The van der Waals surface area contributed by atoms with Crippen LogP contribution in [0.15, 0.2) is 54.6 Å².